The number of aromatic nitrogens is 1. The molecule has 4 aromatic rings. The van der Waals surface area contributed by atoms with Crippen LogP contribution in [0.1, 0.15) is 0 Å². The van der Waals surface area contributed by atoms with E-state index in [0.717, 1.165) is 35.0 Å². The van der Waals surface area contributed by atoms with Crippen LogP contribution in [-0.4, -0.2) is 34.2 Å². The maximum Gasteiger partial charge on any atom is 0.488 e. The molecule has 0 saturated carbocycles. The minimum Gasteiger partial charge on any atom is -0.450 e. The van der Waals surface area contributed by atoms with Crippen molar-refractivity contribution in [3.63, 3.8) is 0 Å². The van der Waals surface area contributed by atoms with Gasteiger partial charge in [0.15, 0.2) is 0 Å². The molecule has 0 spiro atoms. The van der Waals surface area contributed by atoms with Crippen LogP contribution >= 0.6 is 0 Å². The van der Waals surface area contributed by atoms with Crippen molar-refractivity contribution in [2.24, 2.45) is 0 Å². The molecule has 1 heterocycles. The Morgan fingerprint density at radius 2 is 1.46 bits per heavy atom. The fourth-order valence-corrected chi connectivity index (χ4v) is 3.15. The Hall–Kier alpha value is -2.53. The second-order valence-electron chi connectivity index (χ2n) is 5.73. The van der Waals surface area contributed by atoms with Gasteiger partial charge < -0.3 is 19.6 Å². The number of para-hydroxylation sites is 1. The van der Waals surface area contributed by atoms with Crippen LogP contribution in [0.2, 0.25) is 0 Å². The van der Waals surface area contributed by atoms with Gasteiger partial charge in [-0.25, -0.2) is 0 Å². The highest BCUT2D eigenvalue weighted by molar-refractivity contribution is 6.59. The lowest BCUT2D eigenvalue weighted by atomic mass is 9.79. The van der Waals surface area contributed by atoms with Crippen molar-refractivity contribution in [1.82, 2.24) is 4.57 Å². The molecule has 0 aliphatic heterocycles. The van der Waals surface area contributed by atoms with Crippen molar-refractivity contribution in [2.45, 2.75) is 0 Å². The molecule has 0 aliphatic carbocycles. The van der Waals surface area contributed by atoms with E-state index in [1.807, 2.05) is 54.6 Å². The molecule has 3 aromatic carbocycles. The van der Waals surface area contributed by atoms with Crippen molar-refractivity contribution in [2.75, 3.05) is 0 Å². The monoisotopic (exact) mass is 314 g/mol. The highest BCUT2D eigenvalue weighted by atomic mass is 16.4. The first-order valence-corrected chi connectivity index (χ1v) is 7.66. The number of nitrogens with zero attached hydrogens (tertiary/aromatic N) is 1. The first-order valence-electron chi connectivity index (χ1n) is 7.66. The van der Waals surface area contributed by atoms with Gasteiger partial charge in [0.25, 0.3) is 0 Å². The molecule has 0 amide bonds. The molecular formula is C18H14B2NO3. The summed E-state index contributed by atoms with van der Waals surface area (Å²) in [6.07, 6.45) is 0. The minimum atomic E-state index is -1.52. The van der Waals surface area contributed by atoms with Crippen molar-refractivity contribution in [3.8, 4) is 5.69 Å². The molecule has 3 N–H and O–H groups in total. The highest BCUT2D eigenvalue weighted by Crippen LogP contribution is 2.30. The molecule has 0 aliphatic rings. The lowest BCUT2D eigenvalue weighted by Crippen LogP contribution is -2.29. The average molecular weight is 314 g/mol. The number of rotatable bonds is 3. The zero-order valence-corrected chi connectivity index (χ0v) is 12.8. The average Bonchev–Trinajstić information content (AvgIpc) is 2.95. The smallest absolute Gasteiger partial charge is 0.450 e. The summed E-state index contributed by atoms with van der Waals surface area (Å²) >= 11 is 0. The molecule has 0 fully saturated rings. The van der Waals surface area contributed by atoms with Crippen LogP contribution in [0.15, 0.2) is 66.7 Å². The molecule has 24 heavy (non-hydrogen) atoms. The van der Waals surface area contributed by atoms with Gasteiger partial charge in [0.05, 0.1) is 11.0 Å². The van der Waals surface area contributed by atoms with Crippen LogP contribution in [0.25, 0.3) is 27.5 Å². The number of hydrogen-bond acceptors (Lipinski definition) is 3. The Bertz CT molecular complexity index is 1030. The summed E-state index contributed by atoms with van der Waals surface area (Å²) in [5.41, 5.74) is 4.12. The highest BCUT2D eigenvalue weighted by Gasteiger charge is 2.17. The van der Waals surface area contributed by atoms with E-state index in [-0.39, 0.29) is 0 Å². The van der Waals surface area contributed by atoms with Crippen molar-refractivity contribution >= 4 is 47.3 Å². The van der Waals surface area contributed by atoms with E-state index >= 15 is 0 Å². The summed E-state index contributed by atoms with van der Waals surface area (Å²) in [5.74, 6) is 0. The first kappa shape index (κ1) is 15.0. The van der Waals surface area contributed by atoms with E-state index in [9.17, 15) is 15.1 Å². The Kier molecular flexibility index (Phi) is 3.65. The summed E-state index contributed by atoms with van der Waals surface area (Å²) in [4.78, 5) is 0. The van der Waals surface area contributed by atoms with Crippen molar-refractivity contribution in [3.05, 3.63) is 66.7 Å². The van der Waals surface area contributed by atoms with Gasteiger partial charge in [-0.1, -0.05) is 47.9 Å². The third kappa shape index (κ3) is 2.32. The summed E-state index contributed by atoms with van der Waals surface area (Å²) in [5, 5.41) is 30.1. The van der Waals surface area contributed by atoms with Gasteiger partial charge in [-0.05, 0) is 29.7 Å². The van der Waals surface area contributed by atoms with Crippen molar-refractivity contribution < 1.29 is 15.1 Å². The molecule has 1 radical (unpaired) electrons. The van der Waals surface area contributed by atoms with Gasteiger partial charge in [0.1, 0.15) is 0 Å². The molecule has 0 atom stereocenters. The Morgan fingerprint density at radius 3 is 2.12 bits per heavy atom. The molecule has 1 aromatic heterocycles. The lowest BCUT2D eigenvalue weighted by molar-refractivity contribution is 0.426. The van der Waals surface area contributed by atoms with Gasteiger partial charge >= 0.3 is 14.6 Å². The standard InChI is InChI=1S/C18H14B2NO3/c22-19-12-6-8-17-15(10-12)16-11-13(20(23)24)7-9-18(16)21(17)14-4-2-1-3-5-14/h1-11,22-24H. The van der Waals surface area contributed by atoms with Gasteiger partial charge in [0.2, 0.25) is 0 Å². The van der Waals surface area contributed by atoms with E-state index < -0.39 is 7.12 Å². The largest absolute Gasteiger partial charge is 0.488 e. The fourth-order valence-electron chi connectivity index (χ4n) is 3.15. The number of benzene rings is 3. The zero-order valence-electron chi connectivity index (χ0n) is 12.8. The Morgan fingerprint density at radius 1 is 0.792 bits per heavy atom. The predicted molar refractivity (Wildman–Crippen MR) is 98.2 cm³/mol. The predicted octanol–water partition coefficient (Wildman–Crippen LogP) is 0.700. The first-order chi connectivity index (χ1) is 11.7. The van der Waals surface area contributed by atoms with Gasteiger partial charge in [0, 0.05) is 16.5 Å². The summed E-state index contributed by atoms with van der Waals surface area (Å²) in [7, 11) is -0.451. The van der Waals surface area contributed by atoms with Gasteiger partial charge in [-0.2, -0.15) is 0 Å². The van der Waals surface area contributed by atoms with Crippen LogP contribution in [0.4, 0.5) is 0 Å². The van der Waals surface area contributed by atoms with Gasteiger partial charge in [-0.3, -0.25) is 0 Å². The van der Waals surface area contributed by atoms with Crippen LogP contribution in [-0.2, 0) is 0 Å². The van der Waals surface area contributed by atoms with Gasteiger partial charge in [-0.15, -0.1) is 0 Å². The maximum absolute atomic E-state index is 9.48. The minimum absolute atomic E-state index is 0.438. The molecule has 0 unspecified atom stereocenters. The zero-order chi connectivity index (χ0) is 16.7. The van der Waals surface area contributed by atoms with Crippen LogP contribution in [0, 0.1) is 0 Å². The quantitative estimate of drug-likeness (QED) is 0.488. The SMILES string of the molecule is O[B]c1ccc2c(c1)c1cc(B(O)O)ccc1n2-c1ccccc1. The Balaban J connectivity index is 2.13. The molecule has 115 valence electrons. The molecule has 0 saturated heterocycles. The van der Waals surface area contributed by atoms with E-state index in [1.165, 1.54) is 0 Å². The van der Waals surface area contributed by atoms with E-state index in [2.05, 4.69) is 4.57 Å². The Labute approximate surface area is 140 Å². The second-order valence-corrected chi connectivity index (χ2v) is 5.73. The molecular weight excluding hydrogens is 300 g/mol. The van der Waals surface area contributed by atoms with Crippen molar-refractivity contribution in [1.29, 1.82) is 0 Å². The summed E-state index contributed by atoms with van der Waals surface area (Å²) < 4.78 is 2.12. The fraction of sp³-hybridized carbons (Fsp3) is 0. The normalized spacial score (nSPS) is 11.1. The van der Waals surface area contributed by atoms with E-state index in [4.69, 9.17) is 0 Å². The van der Waals surface area contributed by atoms with Crippen LogP contribution in [0.5, 0.6) is 0 Å². The summed E-state index contributed by atoms with van der Waals surface area (Å²) in [6, 6.07) is 21.1. The molecule has 0 bridgehead atoms. The molecule has 4 nitrogen and oxygen atoms in total. The van der Waals surface area contributed by atoms with E-state index in [1.54, 1.807) is 12.1 Å². The third-order valence-corrected chi connectivity index (χ3v) is 4.27. The van der Waals surface area contributed by atoms with E-state index in [0.29, 0.717) is 10.9 Å². The third-order valence-electron chi connectivity index (χ3n) is 4.27. The topological polar surface area (TPSA) is 65.6 Å². The number of fused-ring (bicyclic) bond motifs is 3. The maximum atomic E-state index is 9.48. The second kappa shape index (κ2) is 5.83. The summed E-state index contributed by atoms with van der Waals surface area (Å²) in [6.45, 7) is 0. The van der Waals surface area contributed by atoms with Crippen LogP contribution < -0.4 is 10.9 Å². The number of hydrogen-bond donors (Lipinski definition) is 3. The molecule has 4 rings (SSSR count). The lowest BCUT2D eigenvalue weighted by Gasteiger charge is -2.08. The van der Waals surface area contributed by atoms with Crippen LogP contribution in [0.3, 0.4) is 0 Å². The molecule has 6 heteroatoms.